The number of anilines is 2. The van der Waals surface area contributed by atoms with E-state index in [9.17, 15) is 0 Å². The summed E-state index contributed by atoms with van der Waals surface area (Å²) < 4.78 is 6.27. The molecule has 0 aliphatic rings. The van der Waals surface area contributed by atoms with Crippen molar-refractivity contribution in [2.24, 2.45) is 0 Å². The van der Waals surface area contributed by atoms with Gasteiger partial charge in [0.2, 0.25) is 0 Å². The quantitative estimate of drug-likeness (QED) is 0.121. The van der Waals surface area contributed by atoms with Crippen molar-refractivity contribution in [2.75, 3.05) is 4.90 Å². The van der Waals surface area contributed by atoms with Crippen LogP contribution in [0.3, 0.4) is 0 Å². The molecule has 2 heteroatoms. The van der Waals surface area contributed by atoms with Crippen molar-refractivity contribution in [3.8, 4) is 11.1 Å². The highest BCUT2D eigenvalue weighted by atomic mass is 16.3. The van der Waals surface area contributed by atoms with Gasteiger partial charge in [-0.1, -0.05) is 146 Å². The van der Waals surface area contributed by atoms with E-state index in [1.54, 1.807) is 0 Å². The SMILES string of the molecule is C=C/C(=C\C(=C/C)N(c1ccc(-c2cc3ccccc3c3ccccc23)cc1)c1ccc2oc3ccccc3c2c1)c1cc2ccccc2c2ccccc12. The van der Waals surface area contributed by atoms with E-state index < -0.39 is 0 Å². The minimum Gasteiger partial charge on any atom is -0.456 e. The number of fused-ring (bicyclic) bond motifs is 9. The zero-order valence-electron chi connectivity index (χ0n) is 30.5. The molecule has 9 aromatic carbocycles. The van der Waals surface area contributed by atoms with Gasteiger partial charge in [0.1, 0.15) is 11.2 Å². The molecule has 0 bridgehead atoms. The van der Waals surface area contributed by atoms with Crippen LogP contribution in [0.4, 0.5) is 11.4 Å². The highest BCUT2D eigenvalue weighted by Gasteiger charge is 2.18. The van der Waals surface area contributed by atoms with Gasteiger partial charge in [0, 0.05) is 27.8 Å². The molecule has 0 atom stereocenters. The Labute approximate surface area is 320 Å². The lowest BCUT2D eigenvalue weighted by atomic mass is 9.92. The third-order valence-corrected chi connectivity index (χ3v) is 11.0. The fourth-order valence-electron chi connectivity index (χ4n) is 8.36. The van der Waals surface area contributed by atoms with Gasteiger partial charge in [-0.25, -0.2) is 0 Å². The minimum atomic E-state index is 0.871. The molecule has 0 saturated heterocycles. The van der Waals surface area contributed by atoms with Crippen LogP contribution in [0.25, 0.3) is 81.7 Å². The maximum Gasteiger partial charge on any atom is 0.135 e. The molecule has 0 N–H and O–H groups in total. The van der Waals surface area contributed by atoms with Crippen molar-refractivity contribution in [3.63, 3.8) is 0 Å². The van der Waals surface area contributed by atoms with E-state index in [4.69, 9.17) is 4.42 Å². The molecule has 10 aromatic rings. The van der Waals surface area contributed by atoms with Crippen LogP contribution in [-0.4, -0.2) is 0 Å². The second-order valence-corrected chi connectivity index (χ2v) is 14.1. The molecule has 260 valence electrons. The smallest absolute Gasteiger partial charge is 0.135 e. The van der Waals surface area contributed by atoms with Gasteiger partial charge in [0.15, 0.2) is 0 Å². The number of furan rings is 1. The Morgan fingerprint density at radius 2 is 1.04 bits per heavy atom. The molecule has 10 rings (SSSR count). The lowest BCUT2D eigenvalue weighted by Gasteiger charge is -2.27. The number of hydrogen-bond donors (Lipinski definition) is 0. The Balaban J connectivity index is 1.15. The first-order chi connectivity index (χ1) is 27.2. The van der Waals surface area contributed by atoms with Crippen LogP contribution >= 0.6 is 0 Å². The Morgan fingerprint density at radius 3 is 1.73 bits per heavy atom. The topological polar surface area (TPSA) is 16.4 Å². The van der Waals surface area contributed by atoms with Gasteiger partial charge in [0.25, 0.3) is 0 Å². The summed E-state index contributed by atoms with van der Waals surface area (Å²) >= 11 is 0. The zero-order valence-corrected chi connectivity index (χ0v) is 30.5. The van der Waals surface area contributed by atoms with Crippen LogP contribution in [-0.2, 0) is 0 Å². The second kappa shape index (κ2) is 13.4. The summed E-state index contributed by atoms with van der Waals surface area (Å²) in [6.07, 6.45) is 6.44. The summed E-state index contributed by atoms with van der Waals surface area (Å²) in [6, 6.07) is 63.1. The molecule has 0 aliphatic heterocycles. The number of hydrogen-bond acceptors (Lipinski definition) is 2. The van der Waals surface area contributed by atoms with E-state index in [1.165, 1.54) is 54.2 Å². The van der Waals surface area contributed by atoms with Crippen LogP contribution in [0.5, 0.6) is 0 Å². The fourth-order valence-corrected chi connectivity index (χ4v) is 8.36. The van der Waals surface area contributed by atoms with Gasteiger partial charge in [-0.2, -0.15) is 0 Å². The van der Waals surface area contributed by atoms with Crippen molar-refractivity contribution in [1.82, 2.24) is 0 Å². The Bertz CT molecular complexity index is 3180. The summed E-state index contributed by atoms with van der Waals surface area (Å²) in [4.78, 5) is 2.34. The van der Waals surface area contributed by atoms with Crippen LogP contribution < -0.4 is 4.90 Å². The molecule has 0 saturated carbocycles. The lowest BCUT2D eigenvalue weighted by Crippen LogP contribution is -2.15. The van der Waals surface area contributed by atoms with Gasteiger partial charge in [-0.3, -0.25) is 0 Å². The van der Waals surface area contributed by atoms with Crippen molar-refractivity contribution >= 4 is 82.0 Å². The van der Waals surface area contributed by atoms with E-state index in [2.05, 4.69) is 194 Å². The van der Waals surface area contributed by atoms with Gasteiger partial charge in [-0.15, -0.1) is 0 Å². The van der Waals surface area contributed by atoms with Crippen LogP contribution in [0.1, 0.15) is 12.5 Å². The third-order valence-electron chi connectivity index (χ3n) is 11.0. The monoisotopic (exact) mass is 703 g/mol. The predicted molar refractivity (Wildman–Crippen MR) is 236 cm³/mol. The maximum absolute atomic E-state index is 6.27. The van der Waals surface area contributed by atoms with E-state index in [0.717, 1.165) is 50.1 Å². The van der Waals surface area contributed by atoms with E-state index in [1.807, 2.05) is 18.2 Å². The zero-order chi connectivity index (χ0) is 36.9. The minimum absolute atomic E-state index is 0.871. The average molecular weight is 704 g/mol. The van der Waals surface area contributed by atoms with Crippen molar-refractivity contribution in [2.45, 2.75) is 6.92 Å². The summed E-state index contributed by atoms with van der Waals surface area (Å²) in [6.45, 7) is 6.46. The predicted octanol–water partition coefficient (Wildman–Crippen LogP) is 15.2. The normalized spacial score (nSPS) is 12.4. The molecular formula is C53H37NO. The number of benzene rings is 9. The fraction of sp³-hybridized carbons (Fsp3) is 0.0189. The summed E-state index contributed by atoms with van der Waals surface area (Å²) in [5, 5.41) is 12.1. The Morgan fingerprint density at radius 1 is 0.491 bits per heavy atom. The number of rotatable bonds is 7. The standard InChI is InChI=1S/C53H37NO/c1-3-35(49-32-37-15-5-7-17-42(37)44-19-9-11-21-46(44)49)31-39(4-2)54(41-29-30-53-51(34-41)48-23-13-14-24-52(48)55-53)40-27-25-36(26-28-40)50-33-38-16-6-8-18-43(38)45-20-10-12-22-47(45)50/h3-34H,1H2,2H3/b35-31+,39-4+. The molecule has 0 aliphatic carbocycles. The largest absolute Gasteiger partial charge is 0.456 e. The second-order valence-electron chi connectivity index (χ2n) is 14.1. The Hall–Kier alpha value is -7.16. The van der Waals surface area contributed by atoms with Gasteiger partial charge in [0.05, 0.1) is 0 Å². The average Bonchev–Trinajstić information content (AvgIpc) is 3.63. The van der Waals surface area contributed by atoms with Crippen molar-refractivity contribution < 1.29 is 4.42 Å². The van der Waals surface area contributed by atoms with E-state index >= 15 is 0 Å². The van der Waals surface area contributed by atoms with Gasteiger partial charge in [-0.05, 0) is 127 Å². The molecule has 1 aromatic heterocycles. The van der Waals surface area contributed by atoms with Gasteiger partial charge >= 0.3 is 0 Å². The molecule has 0 radical (unpaired) electrons. The summed E-state index contributed by atoms with van der Waals surface area (Å²) in [5.41, 5.74) is 9.48. The first kappa shape index (κ1) is 32.5. The van der Waals surface area contributed by atoms with Crippen molar-refractivity contribution in [3.05, 3.63) is 212 Å². The van der Waals surface area contributed by atoms with Crippen LogP contribution in [0.2, 0.25) is 0 Å². The summed E-state index contributed by atoms with van der Waals surface area (Å²) in [7, 11) is 0. The molecule has 1 heterocycles. The molecular weight excluding hydrogens is 667 g/mol. The van der Waals surface area contributed by atoms with Crippen LogP contribution in [0.15, 0.2) is 211 Å². The molecule has 55 heavy (non-hydrogen) atoms. The van der Waals surface area contributed by atoms with Gasteiger partial charge < -0.3 is 9.32 Å². The number of nitrogens with zero attached hydrogens (tertiary/aromatic N) is 1. The Kier molecular flexibility index (Phi) is 7.89. The maximum atomic E-state index is 6.27. The molecule has 0 spiro atoms. The lowest BCUT2D eigenvalue weighted by molar-refractivity contribution is 0.669. The molecule has 0 amide bonds. The molecule has 0 fully saturated rings. The number of para-hydroxylation sites is 1. The number of allylic oxidation sites excluding steroid dienone is 4. The van der Waals surface area contributed by atoms with Crippen molar-refractivity contribution in [1.29, 1.82) is 0 Å². The van der Waals surface area contributed by atoms with Crippen LogP contribution in [0, 0.1) is 0 Å². The van der Waals surface area contributed by atoms with E-state index in [0.29, 0.717) is 0 Å². The van der Waals surface area contributed by atoms with E-state index in [-0.39, 0.29) is 0 Å². The first-order valence-corrected chi connectivity index (χ1v) is 18.8. The first-order valence-electron chi connectivity index (χ1n) is 18.8. The molecule has 0 unspecified atom stereocenters. The highest BCUT2D eigenvalue weighted by molar-refractivity contribution is 6.14. The highest BCUT2D eigenvalue weighted by Crippen LogP contribution is 2.41. The third kappa shape index (κ3) is 5.50. The summed E-state index contributed by atoms with van der Waals surface area (Å²) in [5.74, 6) is 0. The molecule has 2 nitrogen and oxygen atoms in total.